The number of carbonyl (C=O) groups is 1. The number of likely N-dealkylation sites (tertiary alicyclic amines) is 1. The monoisotopic (exact) mass is 374 g/mol. The van der Waals surface area contributed by atoms with E-state index in [2.05, 4.69) is 39.2 Å². The molecular formula is C21H24F2N2O2. The first-order valence-corrected chi connectivity index (χ1v) is 9.09. The second-order valence-electron chi connectivity index (χ2n) is 6.85. The fourth-order valence-electron chi connectivity index (χ4n) is 3.30. The molecule has 1 amide bonds. The zero-order valence-corrected chi connectivity index (χ0v) is 15.3. The molecule has 2 aromatic rings. The molecule has 0 radical (unpaired) electrons. The number of aryl methyl sites for hydroxylation is 2. The van der Waals surface area contributed by atoms with Crippen molar-refractivity contribution in [1.29, 1.82) is 0 Å². The molecule has 1 aliphatic heterocycles. The first-order valence-electron chi connectivity index (χ1n) is 9.09. The molecule has 1 N–H and O–H groups in total. The van der Waals surface area contributed by atoms with Crippen molar-refractivity contribution >= 4 is 5.91 Å². The molecule has 3 rings (SSSR count). The Kier molecular flexibility index (Phi) is 6.40. The van der Waals surface area contributed by atoms with Crippen LogP contribution < -0.4 is 10.1 Å². The number of benzene rings is 2. The summed E-state index contributed by atoms with van der Waals surface area (Å²) in [6, 6.07) is 15.3. The maximum Gasteiger partial charge on any atom is 0.387 e. The van der Waals surface area contributed by atoms with Gasteiger partial charge in [-0.15, -0.1) is 0 Å². The molecule has 6 heteroatoms. The lowest BCUT2D eigenvalue weighted by Gasteiger charge is -2.38. The van der Waals surface area contributed by atoms with Crippen LogP contribution in [0.2, 0.25) is 0 Å². The van der Waals surface area contributed by atoms with Crippen molar-refractivity contribution in [1.82, 2.24) is 10.2 Å². The average Bonchev–Trinajstić information content (AvgIpc) is 2.63. The number of alkyl halides is 2. The van der Waals surface area contributed by atoms with Gasteiger partial charge in [-0.1, -0.05) is 36.4 Å². The molecule has 0 aromatic heterocycles. The Morgan fingerprint density at radius 1 is 1.11 bits per heavy atom. The van der Waals surface area contributed by atoms with E-state index >= 15 is 0 Å². The smallest absolute Gasteiger partial charge is 0.387 e. The summed E-state index contributed by atoms with van der Waals surface area (Å²) in [7, 11) is 1.67. The predicted octanol–water partition coefficient (Wildman–Crippen LogP) is 3.25. The first-order chi connectivity index (χ1) is 13.0. The van der Waals surface area contributed by atoms with Crippen LogP contribution in [0.15, 0.2) is 48.5 Å². The third-order valence-electron chi connectivity index (χ3n) is 4.83. The van der Waals surface area contributed by atoms with Gasteiger partial charge in [0.25, 0.3) is 0 Å². The molecule has 0 bridgehead atoms. The number of ether oxygens (including phenoxy) is 1. The summed E-state index contributed by atoms with van der Waals surface area (Å²) in [4.78, 5) is 13.8. The largest absolute Gasteiger partial charge is 0.435 e. The highest BCUT2D eigenvalue weighted by Crippen LogP contribution is 2.20. The van der Waals surface area contributed by atoms with Gasteiger partial charge < -0.3 is 10.1 Å². The third kappa shape index (κ3) is 5.50. The number of amides is 1. The molecule has 0 atom stereocenters. The van der Waals surface area contributed by atoms with Crippen LogP contribution in [-0.4, -0.2) is 37.6 Å². The quantitative estimate of drug-likeness (QED) is 0.771. The van der Waals surface area contributed by atoms with Crippen molar-refractivity contribution < 1.29 is 18.3 Å². The minimum atomic E-state index is -2.80. The van der Waals surface area contributed by atoms with E-state index in [-0.39, 0.29) is 17.6 Å². The molecule has 2 aromatic carbocycles. The number of hydrogen-bond acceptors (Lipinski definition) is 3. The van der Waals surface area contributed by atoms with Gasteiger partial charge in [-0.05, 0) is 41.7 Å². The van der Waals surface area contributed by atoms with Crippen molar-refractivity contribution in [2.24, 2.45) is 5.92 Å². The van der Waals surface area contributed by atoms with Gasteiger partial charge in [-0.2, -0.15) is 8.78 Å². The molecule has 1 saturated heterocycles. The van der Waals surface area contributed by atoms with Gasteiger partial charge in [0, 0.05) is 26.7 Å². The number of halogens is 2. The van der Waals surface area contributed by atoms with E-state index in [0.717, 1.165) is 38.0 Å². The van der Waals surface area contributed by atoms with Gasteiger partial charge in [0.05, 0.1) is 5.92 Å². The number of nitrogens with zero attached hydrogens (tertiary/aromatic N) is 1. The zero-order valence-electron chi connectivity index (χ0n) is 15.3. The van der Waals surface area contributed by atoms with E-state index in [1.165, 1.54) is 17.2 Å². The number of nitrogens with one attached hydrogen (secondary N) is 1. The van der Waals surface area contributed by atoms with E-state index in [0.29, 0.717) is 0 Å². The van der Waals surface area contributed by atoms with Gasteiger partial charge in [0.2, 0.25) is 5.91 Å². The fourth-order valence-corrected chi connectivity index (χ4v) is 3.30. The predicted molar refractivity (Wildman–Crippen MR) is 99.8 cm³/mol. The minimum Gasteiger partial charge on any atom is -0.435 e. The summed E-state index contributed by atoms with van der Waals surface area (Å²) in [5.41, 5.74) is 3.39. The SMILES string of the molecule is CNC(=O)C1CN(Cc2ccc(CCc3cccc(OC(F)F)c3)cc2)C1. The second kappa shape index (κ2) is 8.95. The van der Waals surface area contributed by atoms with Crippen molar-refractivity contribution in [2.75, 3.05) is 20.1 Å². The van der Waals surface area contributed by atoms with E-state index in [9.17, 15) is 13.6 Å². The average molecular weight is 374 g/mol. The Hall–Kier alpha value is -2.47. The van der Waals surface area contributed by atoms with Crippen LogP contribution in [0.1, 0.15) is 16.7 Å². The standard InChI is InChI=1S/C21H24F2N2O2/c1-24-20(26)18-13-25(14-18)12-17-9-6-15(7-10-17)5-8-16-3-2-4-19(11-16)27-21(22)23/h2-4,6-7,9-11,18,21H,5,8,12-14H2,1H3,(H,24,26). The Bertz CT molecular complexity index is 759. The second-order valence-corrected chi connectivity index (χ2v) is 6.85. The van der Waals surface area contributed by atoms with Gasteiger partial charge in [0.1, 0.15) is 5.75 Å². The molecule has 0 saturated carbocycles. The minimum absolute atomic E-state index is 0.110. The Morgan fingerprint density at radius 3 is 2.44 bits per heavy atom. The molecule has 0 spiro atoms. The molecule has 1 aliphatic rings. The number of rotatable bonds is 8. The van der Waals surface area contributed by atoms with Gasteiger partial charge in [-0.3, -0.25) is 9.69 Å². The summed E-state index contributed by atoms with van der Waals surface area (Å²) in [5, 5.41) is 2.69. The summed E-state index contributed by atoms with van der Waals surface area (Å²) in [6.07, 6.45) is 1.60. The summed E-state index contributed by atoms with van der Waals surface area (Å²) in [6.45, 7) is -0.344. The maximum absolute atomic E-state index is 12.3. The number of hydrogen-bond donors (Lipinski definition) is 1. The lowest BCUT2D eigenvalue weighted by Crippen LogP contribution is -2.52. The van der Waals surface area contributed by atoms with Crippen LogP contribution in [0, 0.1) is 5.92 Å². The highest BCUT2D eigenvalue weighted by Gasteiger charge is 2.31. The highest BCUT2D eigenvalue weighted by atomic mass is 19.3. The highest BCUT2D eigenvalue weighted by molar-refractivity contribution is 5.79. The molecule has 4 nitrogen and oxygen atoms in total. The zero-order chi connectivity index (χ0) is 19.2. The van der Waals surface area contributed by atoms with Crippen molar-refractivity contribution in [3.63, 3.8) is 0 Å². The van der Waals surface area contributed by atoms with E-state index in [1.807, 2.05) is 6.07 Å². The van der Waals surface area contributed by atoms with Crippen LogP contribution in [-0.2, 0) is 24.2 Å². The van der Waals surface area contributed by atoms with E-state index in [4.69, 9.17) is 0 Å². The van der Waals surface area contributed by atoms with Crippen LogP contribution in [0.3, 0.4) is 0 Å². The van der Waals surface area contributed by atoms with Crippen LogP contribution in [0.5, 0.6) is 5.75 Å². The molecule has 144 valence electrons. The van der Waals surface area contributed by atoms with Crippen LogP contribution >= 0.6 is 0 Å². The van der Waals surface area contributed by atoms with Gasteiger partial charge in [0.15, 0.2) is 0 Å². The van der Waals surface area contributed by atoms with E-state index < -0.39 is 6.61 Å². The fraction of sp³-hybridized carbons (Fsp3) is 0.381. The molecule has 1 fully saturated rings. The Labute approximate surface area is 158 Å². The van der Waals surface area contributed by atoms with Crippen molar-refractivity contribution in [3.05, 3.63) is 65.2 Å². The van der Waals surface area contributed by atoms with Crippen LogP contribution in [0.25, 0.3) is 0 Å². The summed E-state index contributed by atoms with van der Waals surface area (Å²) < 4.78 is 29.0. The maximum atomic E-state index is 12.3. The number of carbonyl (C=O) groups excluding carboxylic acids is 1. The molecule has 1 heterocycles. The topological polar surface area (TPSA) is 41.6 Å². The molecule has 0 unspecified atom stereocenters. The third-order valence-corrected chi connectivity index (χ3v) is 4.83. The molecule has 0 aliphatic carbocycles. The van der Waals surface area contributed by atoms with Crippen LogP contribution in [0.4, 0.5) is 8.78 Å². The van der Waals surface area contributed by atoms with E-state index in [1.54, 1.807) is 19.2 Å². The van der Waals surface area contributed by atoms with Crippen molar-refractivity contribution in [2.45, 2.75) is 26.0 Å². The van der Waals surface area contributed by atoms with Crippen molar-refractivity contribution in [3.8, 4) is 5.75 Å². The molecule has 27 heavy (non-hydrogen) atoms. The Morgan fingerprint density at radius 2 is 1.78 bits per heavy atom. The Balaban J connectivity index is 1.46. The molecular weight excluding hydrogens is 350 g/mol. The lowest BCUT2D eigenvalue weighted by atomic mass is 9.98. The summed E-state index contributed by atoms with van der Waals surface area (Å²) in [5.74, 6) is 0.422. The lowest BCUT2D eigenvalue weighted by molar-refractivity contribution is -0.129. The van der Waals surface area contributed by atoms with Gasteiger partial charge in [-0.25, -0.2) is 0 Å². The summed E-state index contributed by atoms with van der Waals surface area (Å²) >= 11 is 0. The van der Waals surface area contributed by atoms with Gasteiger partial charge >= 0.3 is 6.61 Å². The first kappa shape index (κ1) is 19.3. The normalized spacial score (nSPS) is 14.8.